The first-order valence-electron chi connectivity index (χ1n) is 9.70. The topological polar surface area (TPSA) is 61.5 Å². The molecule has 29 heavy (non-hydrogen) atoms. The van der Waals surface area contributed by atoms with E-state index < -0.39 is 0 Å². The van der Waals surface area contributed by atoms with Crippen molar-refractivity contribution in [2.75, 3.05) is 11.6 Å². The van der Waals surface area contributed by atoms with Crippen molar-refractivity contribution in [2.45, 2.75) is 19.0 Å². The molecule has 0 radical (unpaired) electrons. The number of aromatic nitrogens is 2. The number of rotatable bonds is 3. The lowest BCUT2D eigenvalue weighted by molar-refractivity contribution is 0.248. The fourth-order valence-electron chi connectivity index (χ4n) is 4.36. The van der Waals surface area contributed by atoms with Gasteiger partial charge in [-0.25, -0.2) is 0 Å². The van der Waals surface area contributed by atoms with Crippen LogP contribution in [-0.4, -0.2) is 36.3 Å². The van der Waals surface area contributed by atoms with Crippen LogP contribution in [0.15, 0.2) is 48.7 Å². The maximum Gasteiger partial charge on any atom is 0.199 e. The zero-order chi connectivity index (χ0) is 20.1. The monoisotopic (exact) mass is 405 g/mol. The SMILES string of the molecule is Cc1cccc(-c2ccc(/C=C/C3c4c(c(O)n(C)c4O)C4CSCN34)nc2)c1. The van der Waals surface area contributed by atoms with Crippen LogP contribution in [0.4, 0.5) is 0 Å². The van der Waals surface area contributed by atoms with E-state index in [1.165, 1.54) is 10.1 Å². The molecule has 2 unspecified atom stereocenters. The fraction of sp³-hybridized carbons (Fsp3) is 0.261. The Morgan fingerprint density at radius 2 is 1.93 bits per heavy atom. The zero-order valence-corrected chi connectivity index (χ0v) is 17.2. The molecule has 6 heteroatoms. The molecule has 2 aromatic heterocycles. The summed E-state index contributed by atoms with van der Waals surface area (Å²) in [5, 5.41) is 21.0. The molecule has 1 fully saturated rings. The second kappa shape index (κ2) is 6.97. The summed E-state index contributed by atoms with van der Waals surface area (Å²) in [5.74, 6) is 2.13. The van der Waals surface area contributed by atoms with Crippen LogP contribution in [0, 0.1) is 6.92 Å². The van der Waals surface area contributed by atoms with Gasteiger partial charge in [0.25, 0.3) is 0 Å². The van der Waals surface area contributed by atoms with Crippen LogP contribution in [0.25, 0.3) is 17.2 Å². The number of thioether (sulfide) groups is 1. The number of hydrogen-bond donors (Lipinski definition) is 2. The molecule has 0 aliphatic carbocycles. The van der Waals surface area contributed by atoms with Gasteiger partial charge in [0.05, 0.1) is 17.8 Å². The molecule has 2 atom stereocenters. The molecule has 0 amide bonds. The van der Waals surface area contributed by atoms with Crippen LogP contribution >= 0.6 is 11.8 Å². The number of hydrogen-bond acceptors (Lipinski definition) is 5. The van der Waals surface area contributed by atoms with Crippen LogP contribution in [0.1, 0.15) is 34.5 Å². The van der Waals surface area contributed by atoms with E-state index in [-0.39, 0.29) is 23.8 Å². The molecule has 148 valence electrons. The van der Waals surface area contributed by atoms with Crippen LogP contribution in [0.3, 0.4) is 0 Å². The molecule has 2 N–H and O–H groups in total. The van der Waals surface area contributed by atoms with Crippen LogP contribution in [0.5, 0.6) is 11.8 Å². The van der Waals surface area contributed by atoms with E-state index in [4.69, 9.17) is 0 Å². The highest BCUT2D eigenvalue weighted by molar-refractivity contribution is 7.99. The molecule has 4 heterocycles. The molecular formula is C23H23N3O2S. The summed E-state index contributed by atoms with van der Waals surface area (Å²) in [6, 6.07) is 12.6. The number of fused-ring (bicyclic) bond motifs is 3. The average molecular weight is 406 g/mol. The highest BCUT2D eigenvalue weighted by atomic mass is 32.2. The van der Waals surface area contributed by atoms with Gasteiger partial charge < -0.3 is 10.2 Å². The molecule has 2 aliphatic rings. The molecule has 2 aliphatic heterocycles. The molecule has 5 rings (SSSR count). The summed E-state index contributed by atoms with van der Waals surface area (Å²) in [7, 11) is 1.70. The third kappa shape index (κ3) is 2.94. The van der Waals surface area contributed by atoms with E-state index >= 15 is 0 Å². The van der Waals surface area contributed by atoms with Crippen molar-refractivity contribution in [1.29, 1.82) is 0 Å². The minimum atomic E-state index is -0.0599. The smallest absolute Gasteiger partial charge is 0.199 e. The fourth-order valence-corrected chi connectivity index (χ4v) is 5.60. The Morgan fingerprint density at radius 3 is 2.69 bits per heavy atom. The van der Waals surface area contributed by atoms with Gasteiger partial charge in [-0.2, -0.15) is 0 Å². The lowest BCUT2D eigenvalue weighted by atomic mass is 10.0. The van der Waals surface area contributed by atoms with Crippen molar-refractivity contribution in [3.8, 4) is 22.9 Å². The molecule has 0 spiro atoms. The second-order valence-corrected chi connectivity index (χ2v) is 8.71. The largest absolute Gasteiger partial charge is 0.494 e. The van der Waals surface area contributed by atoms with Crippen LogP contribution in [-0.2, 0) is 7.05 Å². The Kier molecular flexibility index (Phi) is 4.41. The van der Waals surface area contributed by atoms with Crippen LogP contribution < -0.4 is 0 Å². The highest BCUT2D eigenvalue weighted by Gasteiger charge is 2.46. The van der Waals surface area contributed by atoms with Crippen molar-refractivity contribution in [3.05, 3.63) is 71.1 Å². The number of aryl methyl sites for hydroxylation is 1. The van der Waals surface area contributed by atoms with Gasteiger partial charge in [0, 0.05) is 41.6 Å². The highest BCUT2D eigenvalue weighted by Crippen LogP contribution is 2.55. The first-order valence-corrected chi connectivity index (χ1v) is 10.8. The van der Waals surface area contributed by atoms with Crippen molar-refractivity contribution in [3.63, 3.8) is 0 Å². The van der Waals surface area contributed by atoms with E-state index in [1.807, 2.05) is 30.1 Å². The number of nitrogens with zero attached hydrogens (tertiary/aromatic N) is 3. The van der Waals surface area contributed by atoms with Gasteiger partial charge in [0.2, 0.25) is 0 Å². The molecule has 0 saturated carbocycles. The lowest BCUT2D eigenvalue weighted by Gasteiger charge is -2.22. The van der Waals surface area contributed by atoms with Crippen LogP contribution in [0.2, 0.25) is 0 Å². The standard InChI is InChI=1S/C23H23N3O2S/c1-14-4-3-5-15(10-14)16-6-7-17(24-11-16)8-9-18-20-21(19-12-29-13-26(18)19)23(28)25(2)22(20)27/h3-11,18-19,27-28H,12-13H2,1-2H3/b9-8+. The van der Waals surface area contributed by atoms with E-state index in [2.05, 4.69) is 53.2 Å². The van der Waals surface area contributed by atoms with E-state index in [0.717, 1.165) is 39.6 Å². The quantitative estimate of drug-likeness (QED) is 0.666. The summed E-state index contributed by atoms with van der Waals surface area (Å²) >= 11 is 1.85. The third-order valence-corrected chi connectivity index (χ3v) is 6.93. The molecule has 0 bridgehead atoms. The molecule has 5 nitrogen and oxygen atoms in total. The number of aromatic hydroxyl groups is 2. The Labute approximate surface area is 174 Å². The predicted octanol–water partition coefficient (Wildman–Crippen LogP) is 4.62. The summed E-state index contributed by atoms with van der Waals surface area (Å²) in [6.07, 6.45) is 5.98. The second-order valence-electron chi connectivity index (χ2n) is 7.71. The first-order chi connectivity index (χ1) is 14.0. The predicted molar refractivity (Wildman–Crippen MR) is 117 cm³/mol. The minimum Gasteiger partial charge on any atom is -0.494 e. The summed E-state index contributed by atoms with van der Waals surface area (Å²) < 4.78 is 1.47. The van der Waals surface area contributed by atoms with Crippen molar-refractivity contribution >= 4 is 17.8 Å². The van der Waals surface area contributed by atoms with Gasteiger partial charge in [0.1, 0.15) is 0 Å². The van der Waals surface area contributed by atoms with E-state index in [0.29, 0.717) is 0 Å². The lowest BCUT2D eigenvalue weighted by Crippen LogP contribution is -2.20. The third-order valence-electron chi connectivity index (χ3n) is 5.90. The molecule has 1 aromatic carbocycles. The van der Waals surface area contributed by atoms with Gasteiger partial charge in [-0.05, 0) is 24.6 Å². The molecule has 1 saturated heterocycles. The Morgan fingerprint density at radius 1 is 1.10 bits per heavy atom. The van der Waals surface area contributed by atoms with Crippen molar-refractivity contribution in [1.82, 2.24) is 14.5 Å². The Balaban J connectivity index is 1.44. The van der Waals surface area contributed by atoms with E-state index in [1.54, 1.807) is 7.05 Å². The minimum absolute atomic E-state index is 0.0599. The Hall–Kier alpha value is -2.70. The summed E-state index contributed by atoms with van der Waals surface area (Å²) in [6.45, 7) is 2.09. The van der Waals surface area contributed by atoms with Crippen molar-refractivity contribution < 1.29 is 10.2 Å². The average Bonchev–Trinajstić information content (AvgIpc) is 3.37. The van der Waals surface area contributed by atoms with Gasteiger partial charge >= 0.3 is 0 Å². The normalized spacial score (nSPS) is 21.0. The van der Waals surface area contributed by atoms with Gasteiger partial charge in [-0.1, -0.05) is 42.0 Å². The van der Waals surface area contributed by atoms with Gasteiger partial charge in [0.15, 0.2) is 11.8 Å². The first kappa shape index (κ1) is 18.3. The molecular weight excluding hydrogens is 382 g/mol. The maximum atomic E-state index is 10.6. The number of benzene rings is 1. The molecule has 3 aromatic rings. The van der Waals surface area contributed by atoms with Crippen molar-refractivity contribution in [2.24, 2.45) is 7.05 Å². The van der Waals surface area contributed by atoms with Gasteiger partial charge in [-0.3, -0.25) is 14.5 Å². The maximum absolute atomic E-state index is 10.6. The number of pyridine rings is 1. The summed E-state index contributed by atoms with van der Waals surface area (Å²) in [4.78, 5) is 6.93. The van der Waals surface area contributed by atoms with Gasteiger partial charge in [-0.15, -0.1) is 11.8 Å². The zero-order valence-electron chi connectivity index (χ0n) is 16.4. The van der Waals surface area contributed by atoms with E-state index in [9.17, 15) is 10.2 Å². The Bertz CT molecular complexity index is 1100. The summed E-state index contributed by atoms with van der Waals surface area (Å²) in [5.41, 5.74) is 6.05.